The van der Waals surface area contributed by atoms with E-state index in [0.717, 1.165) is 49.3 Å². The molecule has 0 fully saturated rings. The van der Waals surface area contributed by atoms with E-state index in [1.54, 1.807) is 36.1 Å². The number of nitrogen functional groups attached to an aromatic ring is 1. The molecule has 6 aromatic rings. The average Bonchev–Trinajstić information content (AvgIpc) is 3.51. The van der Waals surface area contributed by atoms with Crippen LogP contribution in [0.3, 0.4) is 0 Å². The van der Waals surface area contributed by atoms with Crippen LogP contribution in [-0.4, -0.2) is 35.1 Å². The van der Waals surface area contributed by atoms with E-state index < -0.39 is 0 Å². The fourth-order valence-electron chi connectivity index (χ4n) is 3.51. The molecule has 0 amide bonds. The van der Waals surface area contributed by atoms with Gasteiger partial charge in [0.25, 0.3) is 0 Å². The molecule has 9 heteroatoms. The number of nitrogens with zero attached hydrogens (tertiary/aromatic N) is 5. The van der Waals surface area contributed by atoms with Crippen LogP contribution < -0.4 is 5.73 Å². The monoisotopic (exact) mass is 410 g/mol. The fraction of sp³-hybridized carbons (Fsp3) is 0. The van der Waals surface area contributed by atoms with Crippen LogP contribution in [0, 0.1) is 0 Å². The number of thiophene rings is 1. The Hall–Kier alpha value is -4.11. The molecule has 0 aliphatic carbocycles. The minimum absolute atomic E-state index is 0.590. The number of hydrogen-bond donors (Lipinski definition) is 3. The Morgan fingerprint density at radius 1 is 0.967 bits per heavy atom. The van der Waals surface area contributed by atoms with Crippen molar-refractivity contribution in [2.24, 2.45) is 0 Å². The van der Waals surface area contributed by atoms with Gasteiger partial charge >= 0.3 is 0 Å². The van der Waals surface area contributed by atoms with Gasteiger partial charge in [-0.2, -0.15) is 5.10 Å². The summed E-state index contributed by atoms with van der Waals surface area (Å²) in [5.74, 6) is 0.671. The zero-order valence-electron chi connectivity index (χ0n) is 15.5. The molecule has 0 aromatic carbocycles. The Kier molecular flexibility index (Phi) is 3.62. The van der Waals surface area contributed by atoms with Gasteiger partial charge in [0.2, 0.25) is 0 Å². The Bertz CT molecular complexity index is 1510. The number of anilines is 1. The molecule has 0 aliphatic rings. The third kappa shape index (κ3) is 2.64. The number of H-pyrrole nitrogens is 2. The van der Waals surface area contributed by atoms with Crippen molar-refractivity contribution in [1.29, 1.82) is 0 Å². The molecule has 0 radical (unpaired) electrons. The second-order valence-corrected chi connectivity index (χ2v) is 7.79. The van der Waals surface area contributed by atoms with Crippen LogP contribution >= 0.6 is 11.3 Å². The molecule has 6 heterocycles. The molecule has 144 valence electrons. The van der Waals surface area contributed by atoms with Crippen molar-refractivity contribution in [3.63, 3.8) is 0 Å². The topological polar surface area (TPSA) is 122 Å². The standard InChI is InChI=1S/C21H14N8S/c22-12-4-11(6-23-7-12)15-5-13-16(10-25-15)28-29-20(13)21-26-17-9-24-8-14(19(17)27-21)18-2-1-3-30-18/h1-10H,22H2,(H,26,27)(H,28,29). The number of rotatable bonds is 3. The van der Waals surface area contributed by atoms with Gasteiger partial charge in [-0.15, -0.1) is 11.3 Å². The summed E-state index contributed by atoms with van der Waals surface area (Å²) in [5.41, 5.74) is 12.4. The van der Waals surface area contributed by atoms with Crippen LogP contribution in [0.2, 0.25) is 0 Å². The summed E-state index contributed by atoms with van der Waals surface area (Å²) in [6.45, 7) is 0. The lowest BCUT2D eigenvalue weighted by Crippen LogP contribution is -1.90. The number of hydrogen-bond acceptors (Lipinski definition) is 7. The maximum Gasteiger partial charge on any atom is 0.159 e. The maximum atomic E-state index is 5.88. The summed E-state index contributed by atoms with van der Waals surface area (Å²) in [4.78, 5) is 22.4. The molecule has 6 rings (SSSR count). The molecule has 0 spiro atoms. The van der Waals surface area contributed by atoms with E-state index in [2.05, 4.69) is 36.2 Å². The number of imidazole rings is 1. The summed E-state index contributed by atoms with van der Waals surface area (Å²) in [6, 6.07) is 7.90. The van der Waals surface area contributed by atoms with Crippen molar-refractivity contribution in [2.75, 3.05) is 5.73 Å². The second kappa shape index (κ2) is 6.46. The summed E-state index contributed by atoms with van der Waals surface area (Å²) in [6.07, 6.45) is 8.73. The van der Waals surface area contributed by atoms with E-state index in [1.807, 2.05) is 29.8 Å². The fourth-order valence-corrected chi connectivity index (χ4v) is 4.25. The molecule has 30 heavy (non-hydrogen) atoms. The molecule has 8 nitrogen and oxygen atoms in total. The highest BCUT2D eigenvalue weighted by Crippen LogP contribution is 2.33. The number of aromatic nitrogens is 7. The second-order valence-electron chi connectivity index (χ2n) is 6.84. The van der Waals surface area contributed by atoms with E-state index in [-0.39, 0.29) is 0 Å². The van der Waals surface area contributed by atoms with Gasteiger partial charge in [0.15, 0.2) is 5.82 Å². The van der Waals surface area contributed by atoms with Crippen LogP contribution in [-0.2, 0) is 0 Å². The first-order valence-electron chi connectivity index (χ1n) is 9.19. The first-order valence-corrected chi connectivity index (χ1v) is 10.1. The van der Waals surface area contributed by atoms with Crippen LogP contribution in [0.5, 0.6) is 0 Å². The summed E-state index contributed by atoms with van der Waals surface area (Å²) < 4.78 is 0. The van der Waals surface area contributed by atoms with Crippen molar-refractivity contribution in [3.05, 3.63) is 60.6 Å². The van der Waals surface area contributed by atoms with Gasteiger partial charge in [-0.1, -0.05) is 6.07 Å². The number of nitrogens with one attached hydrogen (secondary N) is 2. The van der Waals surface area contributed by atoms with Crippen molar-refractivity contribution < 1.29 is 0 Å². The summed E-state index contributed by atoms with van der Waals surface area (Å²) in [7, 11) is 0. The third-order valence-electron chi connectivity index (χ3n) is 4.91. The lowest BCUT2D eigenvalue weighted by Gasteiger charge is -2.02. The number of aromatic amines is 2. The predicted octanol–water partition coefficient (Wildman–Crippen LogP) is 4.27. The summed E-state index contributed by atoms with van der Waals surface area (Å²) >= 11 is 1.66. The molecule has 0 saturated carbocycles. The Morgan fingerprint density at radius 2 is 1.90 bits per heavy atom. The van der Waals surface area contributed by atoms with Crippen molar-refractivity contribution >= 4 is 39.0 Å². The minimum atomic E-state index is 0.590. The highest BCUT2D eigenvalue weighted by Gasteiger charge is 2.16. The van der Waals surface area contributed by atoms with Crippen LogP contribution in [0.4, 0.5) is 5.69 Å². The highest BCUT2D eigenvalue weighted by molar-refractivity contribution is 7.13. The van der Waals surface area contributed by atoms with Crippen LogP contribution in [0.25, 0.3) is 55.2 Å². The van der Waals surface area contributed by atoms with E-state index in [9.17, 15) is 0 Å². The van der Waals surface area contributed by atoms with Gasteiger partial charge in [-0.3, -0.25) is 20.1 Å². The number of fused-ring (bicyclic) bond motifs is 2. The van der Waals surface area contributed by atoms with E-state index in [0.29, 0.717) is 11.5 Å². The quantitative estimate of drug-likeness (QED) is 0.400. The SMILES string of the molecule is Nc1cncc(-c2cc3c(-c4nc5c(-c6cccs6)cncc5[nH]4)n[nH]c3cn2)c1. The predicted molar refractivity (Wildman–Crippen MR) is 118 cm³/mol. The number of nitrogens with two attached hydrogens (primary N) is 1. The van der Waals surface area contributed by atoms with Crippen molar-refractivity contribution in [2.45, 2.75) is 0 Å². The van der Waals surface area contributed by atoms with Crippen LogP contribution in [0.1, 0.15) is 0 Å². The van der Waals surface area contributed by atoms with E-state index >= 15 is 0 Å². The minimum Gasteiger partial charge on any atom is -0.397 e. The zero-order valence-corrected chi connectivity index (χ0v) is 16.3. The van der Waals surface area contributed by atoms with Gasteiger partial charge in [0, 0.05) is 40.0 Å². The molecule has 0 unspecified atom stereocenters. The smallest absolute Gasteiger partial charge is 0.159 e. The van der Waals surface area contributed by atoms with Gasteiger partial charge in [-0.25, -0.2) is 4.98 Å². The maximum absolute atomic E-state index is 5.88. The number of pyridine rings is 3. The molecular formula is C21H14N8S. The molecule has 4 N–H and O–H groups in total. The molecule has 0 atom stereocenters. The van der Waals surface area contributed by atoms with Gasteiger partial charge in [0.1, 0.15) is 11.2 Å². The van der Waals surface area contributed by atoms with Crippen molar-refractivity contribution in [3.8, 4) is 33.2 Å². The first-order chi connectivity index (χ1) is 14.8. The Morgan fingerprint density at radius 3 is 2.77 bits per heavy atom. The molecule has 0 bridgehead atoms. The first kappa shape index (κ1) is 16.8. The molecular weight excluding hydrogens is 396 g/mol. The summed E-state index contributed by atoms with van der Waals surface area (Å²) in [5, 5.41) is 10.5. The van der Waals surface area contributed by atoms with Gasteiger partial charge in [0.05, 0.1) is 34.8 Å². The highest BCUT2D eigenvalue weighted by atomic mass is 32.1. The van der Waals surface area contributed by atoms with Gasteiger partial charge < -0.3 is 10.7 Å². The van der Waals surface area contributed by atoms with Crippen molar-refractivity contribution in [1.82, 2.24) is 35.1 Å². The normalized spacial score (nSPS) is 11.5. The lowest BCUT2D eigenvalue weighted by atomic mass is 10.1. The Labute approximate surface area is 173 Å². The molecule has 6 aromatic heterocycles. The third-order valence-corrected chi connectivity index (χ3v) is 5.81. The molecule has 0 saturated heterocycles. The van der Waals surface area contributed by atoms with Gasteiger partial charge in [-0.05, 0) is 23.6 Å². The zero-order chi connectivity index (χ0) is 20.1. The molecule has 0 aliphatic heterocycles. The van der Waals surface area contributed by atoms with E-state index in [4.69, 9.17) is 10.7 Å². The Balaban J connectivity index is 1.52. The van der Waals surface area contributed by atoms with E-state index in [1.165, 1.54) is 0 Å². The largest absolute Gasteiger partial charge is 0.397 e. The van der Waals surface area contributed by atoms with Crippen LogP contribution in [0.15, 0.2) is 60.6 Å². The lowest BCUT2D eigenvalue weighted by molar-refractivity contribution is 1.10. The average molecular weight is 410 g/mol.